The van der Waals surface area contributed by atoms with Crippen LogP contribution in [0, 0.1) is 5.92 Å². The molecule has 0 spiro atoms. The molecule has 0 bridgehead atoms. The summed E-state index contributed by atoms with van der Waals surface area (Å²) in [7, 11) is 0. The highest BCUT2D eigenvalue weighted by Crippen LogP contribution is 2.26. The third-order valence-corrected chi connectivity index (χ3v) is 4.12. The average molecular weight is 281 g/mol. The van der Waals surface area contributed by atoms with Crippen LogP contribution in [0.4, 0.5) is 0 Å². The first-order chi connectivity index (χ1) is 10.3. The first kappa shape index (κ1) is 15.8. The smallest absolute Gasteiger partial charge is 0.0345 e. The number of hydrogen-bond donors (Lipinski definition) is 1. The molecule has 112 valence electrons. The summed E-state index contributed by atoms with van der Waals surface area (Å²) in [4.78, 5) is 0. The van der Waals surface area contributed by atoms with Crippen molar-refractivity contribution < 1.29 is 0 Å². The molecule has 2 rings (SSSR count). The van der Waals surface area contributed by atoms with Crippen LogP contribution in [0.3, 0.4) is 0 Å². The molecule has 1 nitrogen and oxygen atoms in total. The fraction of sp³-hybridized carbons (Fsp3) is 0.400. The summed E-state index contributed by atoms with van der Waals surface area (Å²) >= 11 is 0. The van der Waals surface area contributed by atoms with Gasteiger partial charge in [0.1, 0.15) is 0 Å². The maximum atomic E-state index is 3.65. The summed E-state index contributed by atoms with van der Waals surface area (Å²) in [5.74, 6) is 0.649. The molecule has 0 saturated heterocycles. The molecule has 0 aromatic heterocycles. The van der Waals surface area contributed by atoms with Crippen LogP contribution < -0.4 is 5.32 Å². The molecule has 0 radical (unpaired) electrons. The van der Waals surface area contributed by atoms with Gasteiger partial charge in [-0.25, -0.2) is 0 Å². The highest BCUT2D eigenvalue weighted by atomic mass is 14.9. The highest BCUT2D eigenvalue weighted by molar-refractivity contribution is 5.19. The second kappa shape index (κ2) is 8.63. The third kappa shape index (κ3) is 5.02. The zero-order valence-corrected chi connectivity index (χ0v) is 13.3. The summed E-state index contributed by atoms with van der Waals surface area (Å²) < 4.78 is 0. The first-order valence-electron chi connectivity index (χ1n) is 8.13. The van der Waals surface area contributed by atoms with Gasteiger partial charge in [0.05, 0.1) is 0 Å². The van der Waals surface area contributed by atoms with Crippen molar-refractivity contribution in [2.24, 2.45) is 5.92 Å². The first-order valence-corrected chi connectivity index (χ1v) is 8.13. The minimum Gasteiger partial charge on any atom is -0.310 e. The Labute approximate surface area is 129 Å². The Hall–Kier alpha value is -1.60. The van der Waals surface area contributed by atoms with Crippen molar-refractivity contribution in [1.82, 2.24) is 5.32 Å². The molecule has 2 atom stereocenters. The lowest BCUT2D eigenvalue weighted by Crippen LogP contribution is -2.26. The van der Waals surface area contributed by atoms with Crippen LogP contribution in [0.2, 0.25) is 0 Å². The van der Waals surface area contributed by atoms with Gasteiger partial charge in [0, 0.05) is 6.04 Å². The number of nitrogens with one attached hydrogen (secondary N) is 1. The summed E-state index contributed by atoms with van der Waals surface area (Å²) in [5, 5.41) is 3.65. The van der Waals surface area contributed by atoms with Gasteiger partial charge >= 0.3 is 0 Å². The van der Waals surface area contributed by atoms with Gasteiger partial charge in [-0.05, 0) is 42.9 Å². The van der Waals surface area contributed by atoms with Crippen LogP contribution in [0.1, 0.15) is 43.9 Å². The summed E-state index contributed by atoms with van der Waals surface area (Å²) in [6.07, 6.45) is 3.68. The van der Waals surface area contributed by atoms with Crippen LogP contribution in [0.5, 0.6) is 0 Å². The standard InChI is InChI=1S/C20H27N/c1-3-21-20(19-15-8-5-9-16-19)17(2)11-10-14-18-12-6-4-7-13-18/h4-9,12-13,15-17,20-21H,3,10-11,14H2,1-2H3. The lowest BCUT2D eigenvalue weighted by Gasteiger charge is -2.25. The molecule has 2 aromatic rings. The number of hydrogen-bond acceptors (Lipinski definition) is 1. The zero-order valence-electron chi connectivity index (χ0n) is 13.3. The summed E-state index contributed by atoms with van der Waals surface area (Å²) in [6.45, 7) is 5.57. The van der Waals surface area contributed by atoms with E-state index in [0.717, 1.165) is 6.54 Å². The van der Waals surface area contributed by atoms with Crippen molar-refractivity contribution in [2.45, 2.75) is 39.2 Å². The Balaban J connectivity index is 1.88. The van der Waals surface area contributed by atoms with Gasteiger partial charge in [0.15, 0.2) is 0 Å². The van der Waals surface area contributed by atoms with Crippen LogP contribution in [0.15, 0.2) is 60.7 Å². The Morgan fingerprint density at radius 3 is 2.14 bits per heavy atom. The van der Waals surface area contributed by atoms with E-state index in [9.17, 15) is 0 Å². The predicted octanol–water partition coefficient (Wildman–Crippen LogP) is 5.00. The topological polar surface area (TPSA) is 12.0 Å². The number of benzene rings is 2. The monoisotopic (exact) mass is 281 g/mol. The lowest BCUT2D eigenvalue weighted by molar-refractivity contribution is 0.364. The molecular weight excluding hydrogens is 254 g/mol. The van der Waals surface area contributed by atoms with Gasteiger partial charge in [-0.3, -0.25) is 0 Å². The molecule has 0 amide bonds. The van der Waals surface area contributed by atoms with E-state index < -0.39 is 0 Å². The molecule has 0 aliphatic rings. The van der Waals surface area contributed by atoms with Crippen molar-refractivity contribution in [1.29, 1.82) is 0 Å². The quantitative estimate of drug-likeness (QED) is 0.718. The largest absolute Gasteiger partial charge is 0.310 e. The molecule has 2 unspecified atom stereocenters. The van der Waals surface area contributed by atoms with Crippen molar-refractivity contribution in [2.75, 3.05) is 6.54 Å². The maximum Gasteiger partial charge on any atom is 0.0345 e. The predicted molar refractivity (Wildman–Crippen MR) is 91.4 cm³/mol. The zero-order chi connectivity index (χ0) is 14.9. The van der Waals surface area contributed by atoms with Crippen LogP contribution in [-0.2, 0) is 6.42 Å². The van der Waals surface area contributed by atoms with E-state index in [-0.39, 0.29) is 0 Å². The van der Waals surface area contributed by atoms with Crippen molar-refractivity contribution >= 4 is 0 Å². The normalized spacial score (nSPS) is 13.8. The van der Waals surface area contributed by atoms with Gasteiger partial charge < -0.3 is 5.32 Å². The molecule has 0 aliphatic carbocycles. The van der Waals surface area contributed by atoms with Gasteiger partial charge in [0.2, 0.25) is 0 Å². The van der Waals surface area contributed by atoms with Crippen LogP contribution in [0.25, 0.3) is 0 Å². The average Bonchev–Trinajstić information content (AvgIpc) is 2.54. The molecule has 0 aliphatic heterocycles. The summed E-state index contributed by atoms with van der Waals surface area (Å²) in [6, 6.07) is 22.1. The van der Waals surface area contributed by atoms with E-state index in [0.29, 0.717) is 12.0 Å². The van der Waals surface area contributed by atoms with E-state index in [4.69, 9.17) is 0 Å². The van der Waals surface area contributed by atoms with Crippen LogP contribution in [-0.4, -0.2) is 6.54 Å². The minimum atomic E-state index is 0.465. The van der Waals surface area contributed by atoms with E-state index in [1.165, 1.54) is 30.4 Å². The molecule has 0 fully saturated rings. The van der Waals surface area contributed by atoms with Gasteiger partial charge in [-0.2, -0.15) is 0 Å². The van der Waals surface area contributed by atoms with Crippen molar-refractivity contribution in [3.05, 3.63) is 71.8 Å². The highest BCUT2D eigenvalue weighted by Gasteiger charge is 2.17. The van der Waals surface area contributed by atoms with Crippen molar-refractivity contribution in [3.63, 3.8) is 0 Å². The Morgan fingerprint density at radius 2 is 1.52 bits per heavy atom. The fourth-order valence-electron chi connectivity index (χ4n) is 2.97. The molecule has 1 heteroatoms. The number of rotatable bonds is 8. The number of aryl methyl sites for hydroxylation is 1. The fourth-order valence-corrected chi connectivity index (χ4v) is 2.97. The molecule has 2 aromatic carbocycles. The Morgan fingerprint density at radius 1 is 0.905 bits per heavy atom. The molecule has 0 saturated carbocycles. The maximum absolute atomic E-state index is 3.65. The van der Waals surface area contributed by atoms with Crippen molar-refractivity contribution in [3.8, 4) is 0 Å². The van der Waals surface area contributed by atoms with E-state index in [1.54, 1.807) is 0 Å². The van der Waals surface area contributed by atoms with E-state index in [1.807, 2.05) is 0 Å². The molecule has 1 N–H and O–H groups in total. The molecular formula is C20H27N. The van der Waals surface area contributed by atoms with Crippen LogP contribution >= 0.6 is 0 Å². The van der Waals surface area contributed by atoms with Gasteiger partial charge in [0.25, 0.3) is 0 Å². The van der Waals surface area contributed by atoms with E-state index >= 15 is 0 Å². The summed E-state index contributed by atoms with van der Waals surface area (Å²) in [5.41, 5.74) is 2.86. The lowest BCUT2D eigenvalue weighted by atomic mass is 9.89. The van der Waals surface area contributed by atoms with Gasteiger partial charge in [-0.15, -0.1) is 0 Å². The second-order valence-corrected chi connectivity index (χ2v) is 5.80. The Bertz CT molecular complexity index is 492. The second-order valence-electron chi connectivity index (χ2n) is 5.80. The molecule has 21 heavy (non-hydrogen) atoms. The van der Waals surface area contributed by atoms with Gasteiger partial charge in [-0.1, -0.05) is 74.5 Å². The Kier molecular flexibility index (Phi) is 6.49. The molecule has 0 heterocycles. The SMILES string of the molecule is CCNC(c1ccccc1)C(C)CCCc1ccccc1. The third-order valence-electron chi connectivity index (χ3n) is 4.12. The van der Waals surface area contributed by atoms with E-state index in [2.05, 4.69) is 79.8 Å². The minimum absolute atomic E-state index is 0.465.